The minimum absolute atomic E-state index is 0.147. The van der Waals surface area contributed by atoms with Crippen LogP contribution in [0.1, 0.15) is 13.3 Å². The third-order valence-corrected chi connectivity index (χ3v) is 3.36. The van der Waals surface area contributed by atoms with Gasteiger partial charge in [-0.1, -0.05) is 18.5 Å². The highest BCUT2D eigenvalue weighted by molar-refractivity contribution is 6.31. The average Bonchev–Trinajstić information content (AvgIpc) is 2.37. The number of amides is 1. The van der Waals surface area contributed by atoms with Crippen molar-refractivity contribution < 1.29 is 24.5 Å². The molecule has 2 rings (SSSR count). The molecule has 0 aliphatic carbocycles. The van der Waals surface area contributed by atoms with Gasteiger partial charge in [0.2, 0.25) is 5.60 Å². The molecule has 102 valence electrons. The van der Waals surface area contributed by atoms with Gasteiger partial charge < -0.3 is 14.9 Å². The number of carbonyl (C=O) groups is 2. The third kappa shape index (κ3) is 2.19. The summed E-state index contributed by atoms with van der Waals surface area (Å²) in [6.45, 7) is 1.36. The van der Waals surface area contributed by atoms with Crippen LogP contribution in [0.3, 0.4) is 0 Å². The summed E-state index contributed by atoms with van der Waals surface area (Å²) in [4.78, 5) is 23.6. The second-order valence-corrected chi connectivity index (χ2v) is 4.67. The van der Waals surface area contributed by atoms with Crippen LogP contribution in [0.2, 0.25) is 5.02 Å². The molecule has 0 saturated heterocycles. The van der Waals surface area contributed by atoms with Gasteiger partial charge in [0.05, 0.1) is 12.2 Å². The van der Waals surface area contributed by atoms with Crippen molar-refractivity contribution in [1.82, 2.24) is 0 Å². The molecule has 1 amide bonds. The molecule has 0 fully saturated rings. The van der Waals surface area contributed by atoms with E-state index >= 15 is 0 Å². The topological polar surface area (TPSA) is 87.1 Å². The fourth-order valence-electron chi connectivity index (χ4n) is 1.99. The molecule has 1 unspecified atom stereocenters. The molecule has 1 atom stereocenters. The fourth-order valence-corrected chi connectivity index (χ4v) is 2.15. The number of aliphatic carboxylic acids is 1. The maximum Gasteiger partial charge on any atom is 0.412 e. The number of rotatable bonds is 2. The van der Waals surface area contributed by atoms with E-state index < -0.39 is 17.7 Å². The molecule has 1 aromatic rings. The summed E-state index contributed by atoms with van der Waals surface area (Å²) in [5.74, 6) is -0.996. The molecule has 6 nitrogen and oxygen atoms in total. The van der Waals surface area contributed by atoms with Crippen molar-refractivity contribution in [2.24, 2.45) is 0 Å². The summed E-state index contributed by atoms with van der Waals surface area (Å²) in [6, 6.07) is 4.43. The number of hydrogen-bond acceptors (Lipinski definition) is 3. The van der Waals surface area contributed by atoms with Gasteiger partial charge in [-0.2, -0.15) is 0 Å². The summed E-state index contributed by atoms with van der Waals surface area (Å²) in [5.41, 5.74) is -1.32. The van der Waals surface area contributed by atoms with Gasteiger partial charge in [0.15, 0.2) is 0 Å². The van der Waals surface area contributed by atoms with Crippen LogP contribution in [0.5, 0.6) is 5.75 Å². The Kier molecular flexibility index (Phi) is 3.28. The average molecular weight is 286 g/mol. The quantitative estimate of drug-likeness (QED) is 0.871. The van der Waals surface area contributed by atoms with Crippen molar-refractivity contribution in [3.05, 3.63) is 23.2 Å². The lowest BCUT2D eigenvalue weighted by atomic mass is 9.97. The van der Waals surface area contributed by atoms with Gasteiger partial charge in [0.25, 0.3) is 0 Å². The van der Waals surface area contributed by atoms with Crippen molar-refractivity contribution in [3.63, 3.8) is 0 Å². The zero-order valence-electron chi connectivity index (χ0n) is 10.1. The van der Waals surface area contributed by atoms with Crippen molar-refractivity contribution in [2.75, 3.05) is 11.4 Å². The van der Waals surface area contributed by atoms with E-state index in [0.29, 0.717) is 5.02 Å². The summed E-state index contributed by atoms with van der Waals surface area (Å²) >= 11 is 5.82. The van der Waals surface area contributed by atoms with E-state index in [4.69, 9.17) is 16.3 Å². The van der Waals surface area contributed by atoms with Crippen LogP contribution < -0.4 is 9.64 Å². The molecule has 0 radical (unpaired) electrons. The number of benzene rings is 1. The fraction of sp³-hybridized carbons (Fsp3) is 0.333. The molecule has 19 heavy (non-hydrogen) atoms. The molecule has 7 heteroatoms. The number of nitrogens with zero attached hydrogens (tertiary/aromatic N) is 1. The number of fused-ring (bicyclic) bond motifs is 1. The first-order chi connectivity index (χ1) is 8.89. The molecule has 1 aliphatic rings. The summed E-state index contributed by atoms with van der Waals surface area (Å²) in [5, 5.41) is 18.9. The van der Waals surface area contributed by atoms with Crippen LogP contribution >= 0.6 is 11.6 Å². The van der Waals surface area contributed by atoms with E-state index in [-0.39, 0.29) is 24.4 Å². The van der Waals surface area contributed by atoms with Crippen LogP contribution in [-0.4, -0.2) is 34.4 Å². The van der Waals surface area contributed by atoms with Crippen molar-refractivity contribution in [3.8, 4) is 5.75 Å². The number of hydrogen-bond donors (Lipinski definition) is 2. The molecule has 0 spiro atoms. The summed E-state index contributed by atoms with van der Waals surface area (Å²) < 4.78 is 5.50. The Balaban J connectivity index is 2.55. The second kappa shape index (κ2) is 4.62. The lowest BCUT2D eigenvalue weighted by molar-refractivity contribution is -0.155. The first-order valence-electron chi connectivity index (χ1n) is 5.62. The van der Waals surface area contributed by atoms with Crippen molar-refractivity contribution in [1.29, 1.82) is 0 Å². The van der Waals surface area contributed by atoms with Crippen LogP contribution in [0.25, 0.3) is 0 Å². The maximum absolute atomic E-state index is 11.4. The predicted molar refractivity (Wildman–Crippen MR) is 68.1 cm³/mol. The maximum atomic E-state index is 11.4. The molecule has 1 aliphatic heterocycles. The monoisotopic (exact) mass is 285 g/mol. The highest BCUT2D eigenvalue weighted by Crippen LogP contribution is 2.40. The Bertz CT molecular complexity index is 547. The smallest absolute Gasteiger partial charge is 0.412 e. The van der Waals surface area contributed by atoms with Crippen LogP contribution in [-0.2, 0) is 4.79 Å². The number of anilines is 1. The molecule has 1 heterocycles. The van der Waals surface area contributed by atoms with Gasteiger partial charge in [-0.25, -0.2) is 9.59 Å². The highest BCUT2D eigenvalue weighted by Gasteiger charge is 2.47. The Hall–Kier alpha value is -1.95. The first-order valence-corrected chi connectivity index (χ1v) is 6.00. The number of carboxylic acid groups (broad SMARTS) is 2. The van der Waals surface area contributed by atoms with E-state index in [1.54, 1.807) is 6.92 Å². The Morgan fingerprint density at radius 1 is 1.47 bits per heavy atom. The zero-order valence-corrected chi connectivity index (χ0v) is 10.8. The number of ether oxygens (including phenoxy) is 1. The molecule has 2 N–H and O–H groups in total. The standard InChI is InChI=1S/C12H12ClNO5/c1-2-12(10(15)16)6-14(11(17)18)8-5-7(13)3-4-9(8)19-12/h3-5H,2,6H2,1H3,(H,15,16)(H,17,18). The van der Waals surface area contributed by atoms with E-state index in [2.05, 4.69) is 0 Å². The second-order valence-electron chi connectivity index (χ2n) is 4.24. The lowest BCUT2D eigenvalue weighted by Gasteiger charge is -2.39. The van der Waals surface area contributed by atoms with Gasteiger partial charge in [-0.05, 0) is 24.6 Å². The SMILES string of the molecule is CCC1(C(=O)O)CN(C(=O)O)c2cc(Cl)ccc2O1. The molecular weight excluding hydrogens is 274 g/mol. The number of halogens is 1. The van der Waals surface area contributed by atoms with Crippen LogP contribution in [0, 0.1) is 0 Å². The third-order valence-electron chi connectivity index (χ3n) is 3.12. The Morgan fingerprint density at radius 2 is 2.16 bits per heavy atom. The normalized spacial score (nSPS) is 21.5. The molecular formula is C12H12ClNO5. The van der Waals surface area contributed by atoms with E-state index in [1.807, 2.05) is 0 Å². The van der Waals surface area contributed by atoms with Crippen molar-refractivity contribution in [2.45, 2.75) is 18.9 Å². The highest BCUT2D eigenvalue weighted by atomic mass is 35.5. The van der Waals surface area contributed by atoms with Crippen LogP contribution in [0.4, 0.5) is 10.5 Å². The van der Waals surface area contributed by atoms with E-state index in [9.17, 15) is 19.8 Å². The van der Waals surface area contributed by atoms with Gasteiger partial charge in [0.1, 0.15) is 5.75 Å². The van der Waals surface area contributed by atoms with Gasteiger partial charge in [0, 0.05) is 5.02 Å². The van der Waals surface area contributed by atoms with Crippen LogP contribution in [0.15, 0.2) is 18.2 Å². The lowest BCUT2D eigenvalue weighted by Crippen LogP contribution is -2.57. The molecule has 0 aromatic heterocycles. The summed E-state index contributed by atoms with van der Waals surface area (Å²) in [6.07, 6.45) is -1.10. The first kappa shape index (κ1) is 13.5. The van der Waals surface area contributed by atoms with Gasteiger partial charge in [-0.3, -0.25) is 4.90 Å². The summed E-state index contributed by atoms with van der Waals surface area (Å²) in [7, 11) is 0. The van der Waals surface area contributed by atoms with Crippen molar-refractivity contribution >= 4 is 29.4 Å². The Labute approximate surface area is 114 Å². The predicted octanol–water partition coefficient (Wildman–Crippen LogP) is 2.45. The largest absolute Gasteiger partial charge is 0.478 e. The zero-order chi connectivity index (χ0) is 14.2. The van der Waals surface area contributed by atoms with Gasteiger partial charge in [-0.15, -0.1) is 0 Å². The minimum Gasteiger partial charge on any atom is -0.478 e. The Morgan fingerprint density at radius 3 is 2.68 bits per heavy atom. The molecule has 0 bridgehead atoms. The number of carboxylic acids is 1. The minimum atomic E-state index is -1.57. The molecule has 0 saturated carbocycles. The molecule has 1 aromatic carbocycles. The van der Waals surface area contributed by atoms with E-state index in [0.717, 1.165) is 4.90 Å². The van der Waals surface area contributed by atoms with E-state index in [1.165, 1.54) is 18.2 Å². The van der Waals surface area contributed by atoms with Gasteiger partial charge >= 0.3 is 12.1 Å².